The number of nitrogens with two attached hydrogens (primary N) is 1. The Balaban J connectivity index is 2.21. The SMILES string of the molecule is CC(=O)c1cc(Br)cc(N)c1OCc1ccn(C(C)C)n1. The standard InChI is InChI=1S/C15H18BrN3O2/c1-9(2)19-5-4-12(18-19)8-21-15-13(10(3)20)6-11(16)7-14(15)17/h4-7,9H,8,17H2,1-3H3. The molecule has 0 atom stereocenters. The lowest BCUT2D eigenvalue weighted by atomic mass is 10.1. The predicted octanol–water partition coefficient (Wildman–Crippen LogP) is 3.59. The van der Waals surface area contributed by atoms with Crippen LogP contribution in [0.25, 0.3) is 0 Å². The van der Waals surface area contributed by atoms with E-state index in [1.165, 1.54) is 6.92 Å². The monoisotopic (exact) mass is 351 g/mol. The third-order valence-electron chi connectivity index (χ3n) is 3.02. The van der Waals surface area contributed by atoms with Crippen molar-refractivity contribution in [2.75, 3.05) is 5.73 Å². The molecule has 1 aromatic heterocycles. The molecule has 0 amide bonds. The molecule has 1 aromatic carbocycles. The van der Waals surface area contributed by atoms with E-state index in [1.807, 2.05) is 16.9 Å². The van der Waals surface area contributed by atoms with Crippen LogP contribution in [0, 0.1) is 0 Å². The summed E-state index contributed by atoms with van der Waals surface area (Å²) in [6.45, 7) is 5.86. The second-order valence-corrected chi connectivity index (χ2v) is 6.01. The zero-order chi connectivity index (χ0) is 15.6. The molecule has 2 rings (SSSR count). The normalized spacial score (nSPS) is 10.9. The molecule has 2 N–H and O–H groups in total. The molecule has 0 saturated carbocycles. The Morgan fingerprint density at radius 3 is 2.76 bits per heavy atom. The van der Waals surface area contributed by atoms with Gasteiger partial charge in [0.25, 0.3) is 0 Å². The van der Waals surface area contributed by atoms with Crippen molar-refractivity contribution >= 4 is 27.4 Å². The highest BCUT2D eigenvalue weighted by molar-refractivity contribution is 9.10. The largest absolute Gasteiger partial charge is 0.484 e. The lowest BCUT2D eigenvalue weighted by Crippen LogP contribution is -2.07. The van der Waals surface area contributed by atoms with Crippen LogP contribution in [0.3, 0.4) is 0 Å². The number of Topliss-reactive ketones (excluding diaryl/α,β-unsaturated/α-hetero) is 1. The molecule has 0 bridgehead atoms. The van der Waals surface area contributed by atoms with Gasteiger partial charge in [-0.1, -0.05) is 15.9 Å². The lowest BCUT2D eigenvalue weighted by molar-refractivity contribution is 0.101. The summed E-state index contributed by atoms with van der Waals surface area (Å²) in [6.07, 6.45) is 1.90. The number of nitrogens with zero attached hydrogens (tertiary/aromatic N) is 2. The van der Waals surface area contributed by atoms with Crippen molar-refractivity contribution in [1.82, 2.24) is 9.78 Å². The molecule has 0 aliphatic heterocycles. The molecular weight excluding hydrogens is 334 g/mol. The Bertz CT molecular complexity index is 665. The third-order valence-corrected chi connectivity index (χ3v) is 3.48. The van der Waals surface area contributed by atoms with E-state index in [9.17, 15) is 4.79 Å². The summed E-state index contributed by atoms with van der Waals surface area (Å²) >= 11 is 3.33. The van der Waals surface area contributed by atoms with E-state index in [-0.39, 0.29) is 12.4 Å². The summed E-state index contributed by atoms with van der Waals surface area (Å²) in [5.41, 5.74) is 7.63. The molecule has 0 radical (unpaired) electrons. The van der Waals surface area contributed by atoms with Gasteiger partial charge in [-0.2, -0.15) is 5.10 Å². The molecule has 5 nitrogen and oxygen atoms in total. The Labute approximate surface area is 132 Å². The number of ketones is 1. The first-order valence-corrected chi connectivity index (χ1v) is 7.44. The summed E-state index contributed by atoms with van der Waals surface area (Å²) in [5.74, 6) is 0.315. The van der Waals surface area contributed by atoms with E-state index >= 15 is 0 Å². The number of halogens is 1. The van der Waals surface area contributed by atoms with Gasteiger partial charge in [0.15, 0.2) is 11.5 Å². The van der Waals surface area contributed by atoms with E-state index in [0.717, 1.165) is 10.2 Å². The van der Waals surface area contributed by atoms with Crippen molar-refractivity contribution in [2.45, 2.75) is 33.4 Å². The number of aromatic nitrogens is 2. The van der Waals surface area contributed by atoms with Crippen LogP contribution in [0.2, 0.25) is 0 Å². The van der Waals surface area contributed by atoms with Crippen LogP contribution in [0.1, 0.15) is 42.9 Å². The smallest absolute Gasteiger partial charge is 0.163 e. The molecule has 0 unspecified atom stereocenters. The zero-order valence-electron chi connectivity index (χ0n) is 12.3. The van der Waals surface area contributed by atoms with Gasteiger partial charge in [0.05, 0.1) is 16.9 Å². The van der Waals surface area contributed by atoms with Crippen molar-refractivity contribution in [3.63, 3.8) is 0 Å². The van der Waals surface area contributed by atoms with Crippen LogP contribution in [-0.4, -0.2) is 15.6 Å². The maximum atomic E-state index is 11.7. The molecule has 112 valence electrons. The summed E-state index contributed by atoms with van der Waals surface area (Å²) < 4.78 is 8.33. The first kappa shape index (κ1) is 15.6. The number of anilines is 1. The van der Waals surface area contributed by atoms with Crippen molar-refractivity contribution < 1.29 is 9.53 Å². The van der Waals surface area contributed by atoms with E-state index in [2.05, 4.69) is 34.9 Å². The van der Waals surface area contributed by atoms with Gasteiger partial charge < -0.3 is 10.5 Å². The van der Waals surface area contributed by atoms with Crippen LogP contribution >= 0.6 is 15.9 Å². The number of ether oxygens (including phenoxy) is 1. The van der Waals surface area contributed by atoms with Gasteiger partial charge >= 0.3 is 0 Å². The molecule has 21 heavy (non-hydrogen) atoms. The second kappa shape index (κ2) is 6.30. The highest BCUT2D eigenvalue weighted by Gasteiger charge is 2.14. The van der Waals surface area contributed by atoms with Crippen molar-refractivity contribution in [3.8, 4) is 5.75 Å². The van der Waals surface area contributed by atoms with Crippen molar-refractivity contribution in [1.29, 1.82) is 0 Å². The number of benzene rings is 1. The number of hydrogen-bond acceptors (Lipinski definition) is 4. The summed E-state index contributed by atoms with van der Waals surface area (Å²) in [7, 11) is 0. The van der Waals surface area contributed by atoms with E-state index in [1.54, 1.807) is 12.1 Å². The van der Waals surface area contributed by atoms with Gasteiger partial charge in [0, 0.05) is 16.7 Å². The van der Waals surface area contributed by atoms with Gasteiger partial charge in [0.1, 0.15) is 6.61 Å². The first-order valence-electron chi connectivity index (χ1n) is 6.65. The molecule has 0 saturated heterocycles. The van der Waals surface area contributed by atoms with Gasteiger partial charge in [-0.25, -0.2) is 0 Å². The molecular formula is C15H18BrN3O2. The fourth-order valence-corrected chi connectivity index (χ4v) is 2.40. The zero-order valence-corrected chi connectivity index (χ0v) is 13.8. The maximum Gasteiger partial charge on any atom is 0.163 e. The maximum absolute atomic E-state index is 11.7. The van der Waals surface area contributed by atoms with E-state index < -0.39 is 0 Å². The average molecular weight is 352 g/mol. The minimum absolute atomic E-state index is 0.0919. The average Bonchev–Trinajstić information content (AvgIpc) is 2.85. The molecule has 6 heteroatoms. The Kier molecular flexibility index (Phi) is 4.67. The summed E-state index contributed by atoms with van der Waals surface area (Å²) in [5, 5.41) is 4.40. The fourth-order valence-electron chi connectivity index (χ4n) is 1.93. The molecule has 2 aromatic rings. The van der Waals surface area contributed by atoms with Crippen molar-refractivity contribution in [2.24, 2.45) is 0 Å². The summed E-state index contributed by atoms with van der Waals surface area (Å²) in [4.78, 5) is 11.7. The molecule has 1 heterocycles. The van der Waals surface area contributed by atoms with Crippen LogP contribution in [0.5, 0.6) is 5.75 Å². The number of rotatable bonds is 5. The lowest BCUT2D eigenvalue weighted by Gasteiger charge is -2.12. The minimum Gasteiger partial charge on any atom is -0.484 e. The highest BCUT2D eigenvalue weighted by atomic mass is 79.9. The predicted molar refractivity (Wildman–Crippen MR) is 85.5 cm³/mol. The number of carbonyl (C=O) groups is 1. The van der Waals surface area contributed by atoms with Crippen molar-refractivity contribution in [3.05, 3.63) is 40.1 Å². The molecule has 0 fully saturated rings. The number of hydrogen-bond donors (Lipinski definition) is 1. The van der Waals surface area contributed by atoms with Gasteiger partial charge in [-0.3, -0.25) is 9.48 Å². The Morgan fingerprint density at radius 2 is 2.19 bits per heavy atom. The Morgan fingerprint density at radius 1 is 1.48 bits per heavy atom. The van der Waals surface area contributed by atoms with Crippen LogP contribution < -0.4 is 10.5 Å². The van der Waals surface area contributed by atoms with Gasteiger partial charge in [-0.15, -0.1) is 0 Å². The van der Waals surface area contributed by atoms with Crippen LogP contribution in [0.15, 0.2) is 28.9 Å². The molecule has 0 aliphatic carbocycles. The molecule has 0 aliphatic rings. The third kappa shape index (κ3) is 3.64. The minimum atomic E-state index is -0.0919. The fraction of sp³-hybridized carbons (Fsp3) is 0.333. The van der Waals surface area contributed by atoms with E-state index in [4.69, 9.17) is 10.5 Å². The first-order chi connectivity index (χ1) is 9.88. The van der Waals surface area contributed by atoms with E-state index in [0.29, 0.717) is 23.0 Å². The van der Waals surface area contributed by atoms with Crippen LogP contribution in [0.4, 0.5) is 5.69 Å². The van der Waals surface area contributed by atoms with Crippen LogP contribution in [-0.2, 0) is 6.61 Å². The van der Waals surface area contributed by atoms with Gasteiger partial charge in [0.2, 0.25) is 0 Å². The molecule has 0 spiro atoms. The number of nitrogen functional groups attached to an aromatic ring is 1. The summed E-state index contributed by atoms with van der Waals surface area (Å²) in [6, 6.07) is 5.61. The Hall–Kier alpha value is -1.82. The number of carbonyl (C=O) groups excluding carboxylic acids is 1. The quantitative estimate of drug-likeness (QED) is 0.659. The topological polar surface area (TPSA) is 70.1 Å². The van der Waals surface area contributed by atoms with Gasteiger partial charge in [-0.05, 0) is 39.0 Å². The highest BCUT2D eigenvalue weighted by Crippen LogP contribution is 2.31. The second-order valence-electron chi connectivity index (χ2n) is 5.10.